The first-order valence-corrected chi connectivity index (χ1v) is 7.45. The molecule has 1 fully saturated rings. The molecule has 2 heterocycles. The Hall–Kier alpha value is -1.99. The van der Waals surface area contributed by atoms with Gasteiger partial charge in [-0.15, -0.1) is 10.2 Å². The van der Waals surface area contributed by atoms with Gasteiger partial charge < -0.3 is 18.6 Å². The third-order valence-corrected chi connectivity index (χ3v) is 4.08. The summed E-state index contributed by atoms with van der Waals surface area (Å²) in [6.45, 7) is 1.02. The van der Waals surface area contributed by atoms with Gasteiger partial charge in [-0.3, -0.25) is 0 Å². The van der Waals surface area contributed by atoms with Crippen LogP contribution in [0.1, 0.15) is 23.8 Å². The number of aromatic nitrogens is 2. The van der Waals surface area contributed by atoms with Crippen LogP contribution in [0.25, 0.3) is 0 Å². The van der Waals surface area contributed by atoms with Crippen LogP contribution < -0.4 is 4.74 Å². The fourth-order valence-corrected chi connectivity index (χ4v) is 2.62. The summed E-state index contributed by atoms with van der Waals surface area (Å²) >= 11 is 0. The summed E-state index contributed by atoms with van der Waals surface area (Å²) in [5, 5.41) is 8.14. The molecule has 2 aromatic rings. The molecule has 1 aromatic heterocycles. The van der Waals surface area contributed by atoms with Gasteiger partial charge in [0.05, 0.1) is 20.3 Å². The van der Waals surface area contributed by atoms with Crippen LogP contribution in [0, 0.1) is 5.82 Å². The molecule has 1 saturated heterocycles. The summed E-state index contributed by atoms with van der Waals surface area (Å²) in [5.41, 5.74) is 0.200. The second-order valence-electron chi connectivity index (χ2n) is 5.47. The highest BCUT2D eigenvalue weighted by Crippen LogP contribution is 2.33. The van der Waals surface area contributed by atoms with Crippen molar-refractivity contribution in [3.63, 3.8) is 0 Å². The second kappa shape index (κ2) is 6.64. The van der Waals surface area contributed by atoms with E-state index in [1.165, 1.54) is 13.2 Å². The van der Waals surface area contributed by atoms with Crippen LogP contribution in [-0.4, -0.2) is 37.6 Å². The Morgan fingerprint density at radius 2 is 2.13 bits per heavy atom. The number of ether oxygens (including phenoxy) is 3. The zero-order chi connectivity index (χ0) is 16.3. The molecule has 23 heavy (non-hydrogen) atoms. The summed E-state index contributed by atoms with van der Waals surface area (Å²) in [6, 6.07) is 4.89. The van der Waals surface area contributed by atoms with Gasteiger partial charge in [0, 0.05) is 20.0 Å². The Labute approximate surface area is 133 Å². The summed E-state index contributed by atoms with van der Waals surface area (Å²) < 4.78 is 35.2. The lowest BCUT2D eigenvalue weighted by Crippen LogP contribution is -2.29. The molecule has 1 aliphatic heterocycles. The van der Waals surface area contributed by atoms with Gasteiger partial charge in [0.15, 0.2) is 17.2 Å². The highest BCUT2D eigenvalue weighted by molar-refractivity contribution is 5.29. The van der Waals surface area contributed by atoms with Crippen LogP contribution in [0.5, 0.6) is 5.75 Å². The molecule has 3 rings (SSSR count). The molecule has 0 N–H and O–H groups in total. The first-order chi connectivity index (χ1) is 11.2. The lowest BCUT2D eigenvalue weighted by atomic mass is 10.0. The first-order valence-electron chi connectivity index (χ1n) is 7.45. The summed E-state index contributed by atoms with van der Waals surface area (Å²) in [4.78, 5) is 0. The van der Waals surface area contributed by atoms with Gasteiger partial charge in [-0.1, -0.05) is 6.07 Å². The van der Waals surface area contributed by atoms with E-state index >= 15 is 0 Å². The summed E-state index contributed by atoms with van der Waals surface area (Å²) in [5.74, 6) is 0.794. The SMILES string of the molecule is COc1ccc(CCc2nnc(C3(OC)CCOC3)o2)cc1F. The number of methoxy groups -OCH3 is 2. The Morgan fingerprint density at radius 3 is 2.78 bits per heavy atom. The highest BCUT2D eigenvalue weighted by Gasteiger charge is 2.42. The smallest absolute Gasteiger partial charge is 0.250 e. The molecular weight excluding hydrogens is 303 g/mol. The third-order valence-electron chi connectivity index (χ3n) is 4.08. The van der Waals surface area contributed by atoms with Crippen molar-refractivity contribution in [1.29, 1.82) is 0 Å². The van der Waals surface area contributed by atoms with E-state index in [1.54, 1.807) is 13.2 Å². The number of aryl methyl sites for hydroxylation is 2. The maximum Gasteiger partial charge on any atom is 0.250 e. The van der Waals surface area contributed by atoms with Crippen molar-refractivity contribution in [2.45, 2.75) is 24.9 Å². The van der Waals surface area contributed by atoms with Gasteiger partial charge in [-0.05, 0) is 24.1 Å². The molecule has 124 valence electrons. The largest absolute Gasteiger partial charge is 0.494 e. The van der Waals surface area contributed by atoms with E-state index in [1.807, 2.05) is 6.07 Å². The molecule has 1 aliphatic rings. The molecule has 6 nitrogen and oxygen atoms in total. The topological polar surface area (TPSA) is 66.6 Å². The average molecular weight is 322 g/mol. The molecule has 0 saturated carbocycles. The van der Waals surface area contributed by atoms with Crippen LogP contribution >= 0.6 is 0 Å². The Balaban J connectivity index is 1.66. The first kappa shape index (κ1) is 15.9. The van der Waals surface area contributed by atoms with Gasteiger partial charge in [-0.2, -0.15) is 0 Å². The lowest BCUT2D eigenvalue weighted by Gasteiger charge is -2.20. The van der Waals surface area contributed by atoms with Gasteiger partial charge in [-0.25, -0.2) is 4.39 Å². The van der Waals surface area contributed by atoms with Crippen molar-refractivity contribution in [2.75, 3.05) is 27.4 Å². The number of rotatable bonds is 6. The maximum atomic E-state index is 13.7. The van der Waals surface area contributed by atoms with Crippen LogP contribution in [0.15, 0.2) is 22.6 Å². The molecule has 1 aromatic carbocycles. The van der Waals surface area contributed by atoms with E-state index in [2.05, 4.69) is 10.2 Å². The van der Waals surface area contributed by atoms with Crippen LogP contribution in [0.2, 0.25) is 0 Å². The zero-order valence-electron chi connectivity index (χ0n) is 13.2. The number of benzene rings is 1. The number of hydrogen-bond acceptors (Lipinski definition) is 6. The van der Waals surface area contributed by atoms with E-state index in [9.17, 15) is 4.39 Å². The molecular formula is C16H19FN2O4. The Kier molecular flexibility index (Phi) is 4.58. The van der Waals surface area contributed by atoms with E-state index in [0.29, 0.717) is 44.3 Å². The Bertz CT molecular complexity index is 668. The minimum atomic E-state index is -0.641. The van der Waals surface area contributed by atoms with Crippen molar-refractivity contribution in [2.24, 2.45) is 0 Å². The van der Waals surface area contributed by atoms with Crippen LogP contribution in [0.4, 0.5) is 4.39 Å². The average Bonchev–Trinajstić information content (AvgIpc) is 3.23. The van der Waals surface area contributed by atoms with E-state index in [-0.39, 0.29) is 11.6 Å². The van der Waals surface area contributed by atoms with Crippen LogP contribution in [0.3, 0.4) is 0 Å². The minimum Gasteiger partial charge on any atom is -0.494 e. The molecule has 0 spiro atoms. The molecule has 1 atom stereocenters. The molecule has 0 radical (unpaired) electrons. The molecule has 7 heteroatoms. The van der Waals surface area contributed by atoms with Gasteiger partial charge in [0.1, 0.15) is 0 Å². The van der Waals surface area contributed by atoms with Crippen LogP contribution in [-0.2, 0) is 27.9 Å². The van der Waals surface area contributed by atoms with Crippen molar-refractivity contribution in [3.05, 3.63) is 41.4 Å². The zero-order valence-corrected chi connectivity index (χ0v) is 13.2. The molecule has 0 amide bonds. The lowest BCUT2D eigenvalue weighted by molar-refractivity contribution is -0.0416. The molecule has 1 unspecified atom stereocenters. The van der Waals surface area contributed by atoms with Crippen molar-refractivity contribution in [1.82, 2.24) is 10.2 Å². The van der Waals surface area contributed by atoms with E-state index in [4.69, 9.17) is 18.6 Å². The normalized spacial score (nSPS) is 20.8. The second-order valence-corrected chi connectivity index (χ2v) is 5.47. The minimum absolute atomic E-state index is 0.233. The van der Waals surface area contributed by atoms with Crippen molar-refractivity contribution < 1.29 is 23.0 Å². The summed E-state index contributed by atoms with van der Waals surface area (Å²) in [7, 11) is 3.05. The Morgan fingerprint density at radius 1 is 1.26 bits per heavy atom. The van der Waals surface area contributed by atoms with Gasteiger partial charge in [0.25, 0.3) is 5.89 Å². The molecule has 0 bridgehead atoms. The number of hydrogen-bond donors (Lipinski definition) is 0. The van der Waals surface area contributed by atoms with E-state index < -0.39 is 5.60 Å². The van der Waals surface area contributed by atoms with Crippen molar-refractivity contribution >= 4 is 0 Å². The monoisotopic (exact) mass is 322 g/mol. The third kappa shape index (κ3) is 3.20. The van der Waals surface area contributed by atoms with Gasteiger partial charge in [0.2, 0.25) is 5.89 Å². The van der Waals surface area contributed by atoms with E-state index in [0.717, 1.165) is 5.56 Å². The highest BCUT2D eigenvalue weighted by atomic mass is 19.1. The predicted molar refractivity (Wildman–Crippen MR) is 78.8 cm³/mol. The number of halogens is 1. The predicted octanol–water partition coefficient (Wildman–Crippen LogP) is 2.26. The molecule has 0 aliphatic carbocycles. The maximum absolute atomic E-state index is 13.7. The summed E-state index contributed by atoms with van der Waals surface area (Å²) in [6.07, 6.45) is 1.81. The van der Waals surface area contributed by atoms with Gasteiger partial charge >= 0.3 is 0 Å². The van der Waals surface area contributed by atoms with Crippen molar-refractivity contribution in [3.8, 4) is 5.75 Å². The fourth-order valence-electron chi connectivity index (χ4n) is 2.62. The number of nitrogens with zero attached hydrogens (tertiary/aromatic N) is 2. The quantitative estimate of drug-likeness (QED) is 0.813. The standard InChI is InChI=1S/C16H19FN2O4/c1-20-13-5-3-11(9-12(13)17)4-6-14-18-19-15(23-14)16(21-2)7-8-22-10-16/h3,5,9H,4,6-8,10H2,1-2H3. The fraction of sp³-hybridized carbons (Fsp3) is 0.500.